The van der Waals surface area contributed by atoms with Gasteiger partial charge in [-0.05, 0) is 72.4 Å². The van der Waals surface area contributed by atoms with Gasteiger partial charge in [0.25, 0.3) is 0 Å². The van der Waals surface area contributed by atoms with Crippen LogP contribution >= 0.6 is 15.9 Å². The van der Waals surface area contributed by atoms with Crippen LogP contribution in [0.2, 0.25) is 0 Å². The van der Waals surface area contributed by atoms with Crippen LogP contribution in [0.3, 0.4) is 0 Å². The van der Waals surface area contributed by atoms with Gasteiger partial charge in [-0.1, -0.05) is 35.4 Å². The van der Waals surface area contributed by atoms with Gasteiger partial charge in [0.1, 0.15) is 0 Å². The molecule has 0 aromatic heterocycles. The number of rotatable bonds is 2. The highest BCUT2D eigenvalue weighted by Gasteiger charge is 2.23. The van der Waals surface area contributed by atoms with Gasteiger partial charge in [0.15, 0.2) is 0 Å². The lowest BCUT2D eigenvalue weighted by atomic mass is 9.84. The average Bonchev–Trinajstić information content (AvgIpc) is 2.73. The van der Waals surface area contributed by atoms with Crippen LogP contribution in [0.1, 0.15) is 54.9 Å². The van der Waals surface area contributed by atoms with Crippen LogP contribution in [0.15, 0.2) is 16.6 Å². The molecule has 2 aliphatic rings. The lowest BCUT2D eigenvalue weighted by Gasteiger charge is -2.22. The molecule has 0 nitrogen and oxygen atoms in total. The molecule has 0 heterocycles. The molecule has 17 heavy (non-hydrogen) atoms. The number of halogens is 1. The van der Waals surface area contributed by atoms with Crippen molar-refractivity contribution < 1.29 is 0 Å². The highest BCUT2D eigenvalue weighted by Crippen LogP contribution is 2.41. The van der Waals surface area contributed by atoms with Gasteiger partial charge < -0.3 is 0 Å². The Morgan fingerprint density at radius 1 is 1.18 bits per heavy atom. The highest BCUT2D eigenvalue weighted by molar-refractivity contribution is 9.10. The van der Waals surface area contributed by atoms with Gasteiger partial charge in [-0.25, -0.2) is 0 Å². The molecule has 0 aliphatic heterocycles. The average molecular weight is 291 g/mol. The van der Waals surface area contributed by atoms with Gasteiger partial charge in [-0.3, -0.25) is 0 Å². The van der Waals surface area contributed by atoms with Crippen molar-refractivity contribution in [3.8, 4) is 0 Å². The molecule has 2 aliphatic carbocycles. The Kier molecular flexibility index (Phi) is 3.12. The molecule has 1 aromatic carbocycles. The van der Waals surface area contributed by atoms with E-state index in [1.807, 2.05) is 0 Å². The van der Waals surface area contributed by atoms with Crippen LogP contribution in [-0.2, 0) is 19.3 Å². The predicted octanol–water partition coefficient (Wildman–Crippen LogP) is 5.07. The maximum absolute atomic E-state index is 3.77. The monoisotopic (exact) mass is 290 g/mol. The van der Waals surface area contributed by atoms with Crippen molar-refractivity contribution in [1.82, 2.24) is 0 Å². The molecule has 90 valence electrons. The van der Waals surface area contributed by atoms with Crippen LogP contribution in [0.5, 0.6) is 0 Å². The standard InChI is InChI=1S/C16H19Br/c1-2-5-11-8-9-12-10-15(17)13-6-3-4-7-14(13)16(11)12/h8,10H,2-7,9H2,1H3. The second kappa shape index (κ2) is 4.61. The molecule has 0 N–H and O–H groups in total. The van der Waals surface area contributed by atoms with E-state index in [1.54, 1.807) is 27.8 Å². The first-order valence-corrected chi connectivity index (χ1v) is 7.63. The second-order valence-corrected chi connectivity index (χ2v) is 6.09. The summed E-state index contributed by atoms with van der Waals surface area (Å²) in [5.41, 5.74) is 8.07. The van der Waals surface area contributed by atoms with E-state index in [-0.39, 0.29) is 0 Å². The molecule has 1 heteroatoms. The molecule has 0 bridgehead atoms. The van der Waals surface area contributed by atoms with E-state index < -0.39 is 0 Å². The summed E-state index contributed by atoms with van der Waals surface area (Å²) in [4.78, 5) is 0. The molecule has 3 rings (SSSR count). The van der Waals surface area contributed by atoms with Crippen LogP contribution < -0.4 is 0 Å². The number of allylic oxidation sites excluding steroid dienone is 2. The maximum atomic E-state index is 3.77. The van der Waals surface area contributed by atoms with E-state index in [9.17, 15) is 0 Å². The number of benzene rings is 1. The van der Waals surface area contributed by atoms with Crippen molar-refractivity contribution in [2.24, 2.45) is 0 Å². The fourth-order valence-electron chi connectivity index (χ4n) is 3.34. The first-order valence-electron chi connectivity index (χ1n) is 6.83. The number of hydrogen-bond donors (Lipinski definition) is 0. The van der Waals surface area contributed by atoms with E-state index in [0.717, 1.165) is 6.42 Å². The normalized spacial score (nSPS) is 17.6. The van der Waals surface area contributed by atoms with Crippen molar-refractivity contribution >= 4 is 21.5 Å². The molecular weight excluding hydrogens is 272 g/mol. The Morgan fingerprint density at radius 2 is 1.94 bits per heavy atom. The molecule has 0 atom stereocenters. The van der Waals surface area contributed by atoms with E-state index in [2.05, 4.69) is 35.0 Å². The van der Waals surface area contributed by atoms with Crippen molar-refractivity contribution in [2.45, 2.75) is 51.9 Å². The molecule has 1 aromatic rings. The molecular formula is C16H19Br. The Labute approximate surface area is 112 Å². The Hall–Kier alpha value is -0.560. The molecule has 0 saturated heterocycles. The maximum Gasteiger partial charge on any atom is 0.0213 e. The van der Waals surface area contributed by atoms with E-state index in [0.29, 0.717) is 0 Å². The van der Waals surface area contributed by atoms with Crippen molar-refractivity contribution in [1.29, 1.82) is 0 Å². The van der Waals surface area contributed by atoms with Gasteiger partial charge in [0, 0.05) is 4.47 Å². The van der Waals surface area contributed by atoms with Crippen molar-refractivity contribution in [3.05, 3.63) is 38.9 Å². The molecule has 0 spiro atoms. The van der Waals surface area contributed by atoms with E-state index in [1.165, 1.54) is 43.0 Å². The zero-order valence-electron chi connectivity index (χ0n) is 10.5. The van der Waals surface area contributed by atoms with Crippen LogP contribution in [0.4, 0.5) is 0 Å². The van der Waals surface area contributed by atoms with Gasteiger partial charge in [0.2, 0.25) is 0 Å². The third-order valence-electron chi connectivity index (χ3n) is 4.09. The first-order chi connectivity index (χ1) is 8.31. The smallest absolute Gasteiger partial charge is 0.0213 e. The minimum absolute atomic E-state index is 1.15. The van der Waals surface area contributed by atoms with Gasteiger partial charge in [-0.15, -0.1) is 0 Å². The van der Waals surface area contributed by atoms with Crippen LogP contribution in [-0.4, -0.2) is 0 Å². The molecule has 0 fully saturated rings. The summed E-state index contributed by atoms with van der Waals surface area (Å²) in [6, 6.07) is 2.37. The molecule has 0 amide bonds. The summed E-state index contributed by atoms with van der Waals surface area (Å²) in [7, 11) is 0. The van der Waals surface area contributed by atoms with E-state index in [4.69, 9.17) is 0 Å². The van der Waals surface area contributed by atoms with Crippen molar-refractivity contribution in [3.63, 3.8) is 0 Å². The molecule has 0 unspecified atom stereocenters. The minimum atomic E-state index is 1.15. The van der Waals surface area contributed by atoms with Crippen molar-refractivity contribution in [2.75, 3.05) is 0 Å². The second-order valence-electron chi connectivity index (χ2n) is 5.24. The van der Waals surface area contributed by atoms with Gasteiger partial charge in [-0.2, -0.15) is 0 Å². The lowest BCUT2D eigenvalue weighted by Crippen LogP contribution is -2.08. The quantitative estimate of drug-likeness (QED) is 0.714. The zero-order chi connectivity index (χ0) is 11.8. The summed E-state index contributed by atoms with van der Waals surface area (Å²) in [6.45, 7) is 2.28. The third kappa shape index (κ3) is 1.89. The van der Waals surface area contributed by atoms with Gasteiger partial charge in [0.05, 0.1) is 0 Å². The summed E-state index contributed by atoms with van der Waals surface area (Å²) >= 11 is 3.77. The third-order valence-corrected chi connectivity index (χ3v) is 4.80. The lowest BCUT2D eigenvalue weighted by molar-refractivity contribution is 0.680. The van der Waals surface area contributed by atoms with Crippen LogP contribution in [0.25, 0.3) is 5.57 Å². The molecule has 0 saturated carbocycles. The highest BCUT2D eigenvalue weighted by atomic mass is 79.9. The summed E-state index contributed by atoms with van der Waals surface area (Å²) < 4.78 is 1.36. The summed E-state index contributed by atoms with van der Waals surface area (Å²) in [6.07, 6.45) is 11.4. The largest absolute Gasteiger partial charge is 0.0763 e. The SMILES string of the molecule is CCCC1=CCc2cc(Br)c3c(c21)CCCC3. The summed E-state index contributed by atoms with van der Waals surface area (Å²) in [5.74, 6) is 0. The summed E-state index contributed by atoms with van der Waals surface area (Å²) in [5, 5.41) is 0. The predicted molar refractivity (Wildman–Crippen MR) is 77.4 cm³/mol. The Bertz CT molecular complexity index is 483. The minimum Gasteiger partial charge on any atom is -0.0763 e. The Balaban J connectivity index is 2.14. The Morgan fingerprint density at radius 3 is 2.71 bits per heavy atom. The fraction of sp³-hybridized carbons (Fsp3) is 0.500. The fourth-order valence-corrected chi connectivity index (χ4v) is 4.06. The number of fused-ring (bicyclic) bond motifs is 3. The van der Waals surface area contributed by atoms with Crippen LogP contribution in [0, 0.1) is 0 Å². The topological polar surface area (TPSA) is 0 Å². The van der Waals surface area contributed by atoms with Gasteiger partial charge >= 0.3 is 0 Å². The zero-order valence-corrected chi connectivity index (χ0v) is 12.1. The first kappa shape index (κ1) is 11.5. The molecule has 0 radical (unpaired) electrons. The van der Waals surface area contributed by atoms with E-state index >= 15 is 0 Å². The number of hydrogen-bond acceptors (Lipinski definition) is 0.